The second-order valence-corrected chi connectivity index (χ2v) is 11.6. The van der Waals surface area contributed by atoms with Gasteiger partial charge in [0.25, 0.3) is 0 Å². The van der Waals surface area contributed by atoms with Crippen molar-refractivity contribution in [2.24, 2.45) is 0 Å². The van der Waals surface area contributed by atoms with Crippen LogP contribution in [0.15, 0.2) is 11.3 Å². The number of unbranched alkanes of at least 4 members (excludes halogenated alkanes) is 11. The highest BCUT2D eigenvalue weighted by molar-refractivity contribution is 5.95. The number of allylic oxidation sites excluding steroid dienone is 2. The van der Waals surface area contributed by atoms with E-state index < -0.39 is 0 Å². The summed E-state index contributed by atoms with van der Waals surface area (Å²) in [6, 6.07) is 0. The minimum absolute atomic E-state index is 0.168. The Balaban J connectivity index is 1.62. The molecule has 5 heteroatoms. The van der Waals surface area contributed by atoms with Gasteiger partial charge in [-0.25, -0.2) is 0 Å². The Kier molecular flexibility index (Phi) is 19.4. The molecule has 1 heterocycles. The van der Waals surface area contributed by atoms with E-state index in [1.807, 2.05) is 0 Å². The zero-order chi connectivity index (χ0) is 27.1. The number of ketones is 1. The number of nitrogens with zero attached hydrogens (tertiary/aromatic N) is 1. The van der Waals surface area contributed by atoms with Crippen LogP contribution in [0.5, 0.6) is 0 Å². The molecule has 2 aliphatic rings. The van der Waals surface area contributed by atoms with E-state index >= 15 is 0 Å². The number of ether oxygens (including phenoxy) is 2. The Hall–Kier alpha value is -1.36. The SMILES string of the molecule is CC(=O)OCCCCCCCCCCCCCCC(=O)C1=C(N2CCOCC2)CCCCCCCCCC1. The van der Waals surface area contributed by atoms with Gasteiger partial charge in [-0.15, -0.1) is 0 Å². The highest BCUT2D eigenvalue weighted by Gasteiger charge is 2.21. The lowest BCUT2D eigenvalue weighted by Crippen LogP contribution is -2.37. The lowest BCUT2D eigenvalue weighted by molar-refractivity contribution is -0.141. The van der Waals surface area contributed by atoms with Crippen molar-refractivity contribution in [2.75, 3.05) is 32.9 Å². The first-order valence-electron chi connectivity index (χ1n) is 16.4. The van der Waals surface area contributed by atoms with Gasteiger partial charge in [-0.2, -0.15) is 0 Å². The molecule has 0 spiro atoms. The van der Waals surface area contributed by atoms with Crippen LogP contribution < -0.4 is 0 Å². The van der Waals surface area contributed by atoms with E-state index in [1.54, 1.807) is 0 Å². The number of carbonyl (C=O) groups is 2. The molecule has 0 unspecified atom stereocenters. The van der Waals surface area contributed by atoms with E-state index in [0.29, 0.717) is 12.4 Å². The van der Waals surface area contributed by atoms with E-state index in [0.717, 1.165) is 64.8 Å². The summed E-state index contributed by atoms with van der Waals surface area (Å²) in [7, 11) is 0. The maximum atomic E-state index is 13.5. The molecule has 5 nitrogen and oxygen atoms in total. The maximum Gasteiger partial charge on any atom is 0.302 e. The van der Waals surface area contributed by atoms with Crippen LogP contribution in [0.2, 0.25) is 0 Å². The van der Waals surface area contributed by atoms with Crippen molar-refractivity contribution in [1.29, 1.82) is 0 Å². The number of morpholine rings is 1. The molecule has 1 saturated heterocycles. The van der Waals surface area contributed by atoms with Crippen molar-refractivity contribution < 1.29 is 19.1 Å². The largest absolute Gasteiger partial charge is 0.466 e. The van der Waals surface area contributed by atoms with Crippen molar-refractivity contribution >= 4 is 11.8 Å². The molecule has 0 aromatic carbocycles. The van der Waals surface area contributed by atoms with Gasteiger partial charge in [0, 0.05) is 37.7 Å². The molecule has 0 atom stereocenters. The van der Waals surface area contributed by atoms with Crippen molar-refractivity contribution in [1.82, 2.24) is 4.90 Å². The Bertz CT molecular complexity index is 653. The average molecular weight is 534 g/mol. The smallest absolute Gasteiger partial charge is 0.302 e. The first kappa shape index (κ1) is 32.8. The van der Waals surface area contributed by atoms with Gasteiger partial charge in [-0.05, 0) is 38.5 Å². The molecule has 0 N–H and O–H groups in total. The standard InChI is InChI=1S/C33H59NO4/c1-30(35)38-27-21-17-13-9-5-3-2-4-6-12-16-20-24-33(36)31-22-18-14-10-7-8-11-15-19-23-32(31)34-25-28-37-29-26-34/h2-29H2,1H3. The molecular formula is C33H59NO4. The second kappa shape index (κ2) is 22.5. The van der Waals surface area contributed by atoms with Gasteiger partial charge in [0.1, 0.15) is 0 Å². The quantitative estimate of drug-likeness (QED) is 0.138. The number of hydrogen-bond donors (Lipinski definition) is 0. The molecule has 0 radical (unpaired) electrons. The summed E-state index contributed by atoms with van der Waals surface area (Å²) in [6.07, 6.45) is 28.0. The molecule has 0 saturated carbocycles. The van der Waals surface area contributed by atoms with Crippen LogP contribution in [0, 0.1) is 0 Å². The minimum atomic E-state index is -0.168. The second-order valence-electron chi connectivity index (χ2n) is 11.6. The monoisotopic (exact) mass is 533 g/mol. The van der Waals surface area contributed by atoms with Crippen molar-refractivity contribution in [2.45, 2.75) is 155 Å². The summed E-state index contributed by atoms with van der Waals surface area (Å²) in [5, 5.41) is 0. The van der Waals surface area contributed by atoms with Crippen LogP contribution >= 0.6 is 0 Å². The zero-order valence-corrected chi connectivity index (χ0v) is 24.9. The molecule has 0 bridgehead atoms. The average Bonchev–Trinajstić information content (AvgIpc) is 2.91. The van der Waals surface area contributed by atoms with Gasteiger partial charge in [-0.1, -0.05) is 103 Å². The molecule has 220 valence electrons. The van der Waals surface area contributed by atoms with Gasteiger partial charge in [0.2, 0.25) is 0 Å². The molecule has 2 rings (SSSR count). The fourth-order valence-electron chi connectivity index (χ4n) is 5.95. The van der Waals surface area contributed by atoms with E-state index in [-0.39, 0.29) is 5.97 Å². The van der Waals surface area contributed by atoms with Crippen LogP contribution in [-0.4, -0.2) is 49.6 Å². The van der Waals surface area contributed by atoms with Gasteiger partial charge in [0.15, 0.2) is 5.78 Å². The van der Waals surface area contributed by atoms with Gasteiger partial charge in [0.05, 0.1) is 19.8 Å². The lowest BCUT2D eigenvalue weighted by Gasteiger charge is -2.33. The van der Waals surface area contributed by atoms with Crippen LogP contribution in [0.1, 0.15) is 155 Å². The molecule has 1 aliphatic heterocycles. The fourth-order valence-corrected chi connectivity index (χ4v) is 5.95. The molecule has 0 aromatic heterocycles. The molecule has 0 aromatic rings. The summed E-state index contributed by atoms with van der Waals surface area (Å²) in [5.41, 5.74) is 2.56. The fraction of sp³-hybridized carbons (Fsp3) is 0.879. The Morgan fingerprint density at radius 1 is 0.658 bits per heavy atom. The lowest BCUT2D eigenvalue weighted by atomic mass is 9.93. The number of carbonyl (C=O) groups excluding carboxylic acids is 2. The molecule has 1 fully saturated rings. The molecular weight excluding hydrogens is 474 g/mol. The highest BCUT2D eigenvalue weighted by atomic mass is 16.5. The van der Waals surface area contributed by atoms with Crippen molar-refractivity contribution in [3.8, 4) is 0 Å². The Morgan fingerprint density at radius 3 is 1.68 bits per heavy atom. The molecule has 0 amide bonds. The number of Topliss-reactive ketones (excluding diaryl/α,β-unsaturated/α-hetero) is 1. The predicted molar refractivity (Wildman–Crippen MR) is 157 cm³/mol. The number of esters is 1. The zero-order valence-electron chi connectivity index (χ0n) is 24.9. The third-order valence-electron chi connectivity index (χ3n) is 8.27. The van der Waals surface area contributed by atoms with Crippen molar-refractivity contribution in [3.63, 3.8) is 0 Å². The third-order valence-corrected chi connectivity index (χ3v) is 8.27. The normalized spacial score (nSPS) is 18.1. The van der Waals surface area contributed by atoms with Crippen molar-refractivity contribution in [3.05, 3.63) is 11.3 Å². The van der Waals surface area contributed by atoms with Crippen LogP contribution in [0.3, 0.4) is 0 Å². The van der Waals surface area contributed by atoms with Gasteiger partial charge in [-0.3, -0.25) is 9.59 Å². The van der Waals surface area contributed by atoms with Crippen LogP contribution in [0.25, 0.3) is 0 Å². The predicted octanol–water partition coefficient (Wildman–Crippen LogP) is 8.69. The van der Waals surface area contributed by atoms with Gasteiger partial charge < -0.3 is 14.4 Å². The summed E-state index contributed by atoms with van der Waals surface area (Å²) in [6.45, 7) is 5.53. The highest BCUT2D eigenvalue weighted by Crippen LogP contribution is 2.27. The minimum Gasteiger partial charge on any atom is -0.466 e. The summed E-state index contributed by atoms with van der Waals surface area (Å²) in [5.74, 6) is 0.273. The number of hydrogen-bond acceptors (Lipinski definition) is 5. The summed E-state index contributed by atoms with van der Waals surface area (Å²) in [4.78, 5) is 26.7. The van der Waals surface area contributed by atoms with E-state index in [1.165, 1.54) is 127 Å². The maximum absolute atomic E-state index is 13.5. The van der Waals surface area contributed by atoms with E-state index in [2.05, 4.69) is 4.90 Å². The van der Waals surface area contributed by atoms with Crippen LogP contribution in [0.4, 0.5) is 0 Å². The first-order valence-corrected chi connectivity index (χ1v) is 16.4. The summed E-state index contributed by atoms with van der Waals surface area (Å²) >= 11 is 0. The van der Waals surface area contributed by atoms with Gasteiger partial charge >= 0.3 is 5.97 Å². The van der Waals surface area contributed by atoms with Crippen LogP contribution in [-0.2, 0) is 19.1 Å². The third kappa shape index (κ3) is 15.9. The molecule has 1 aliphatic carbocycles. The first-order chi connectivity index (χ1) is 18.7. The molecule has 38 heavy (non-hydrogen) atoms. The number of rotatable bonds is 17. The summed E-state index contributed by atoms with van der Waals surface area (Å²) < 4.78 is 10.6. The van der Waals surface area contributed by atoms with E-state index in [4.69, 9.17) is 9.47 Å². The topological polar surface area (TPSA) is 55.8 Å². The Labute approximate surface area is 234 Å². The van der Waals surface area contributed by atoms with E-state index in [9.17, 15) is 9.59 Å². The Morgan fingerprint density at radius 2 is 1.13 bits per heavy atom.